The van der Waals surface area contributed by atoms with Crippen LogP contribution in [-0.4, -0.2) is 30.1 Å². The van der Waals surface area contributed by atoms with E-state index in [1.54, 1.807) is 18.3 Å². The Hall–Kier alpha value is -4.40. The molecular formula is C38H37ClF2N4OSi. The van der Waals surface area contributed by atoms with Gasteiger partial charge in [-0.25, -0.2) is 13.8 Å². The molecule has 0 saturated heterocycles. The summed E-state index contributed by atoms with van der Waals surface area (Å²) >= 11 is 6.56. The second-order valence-electron chi connectivity index (χ2n) is 13.1. The molecule has 47 heavy (non-hydrogen) atoms. The Balaban J connectivity index is 1.59. The third-order valence-corrected chi connectivity index (χ3v) is 13.9. The maximum atomic E-state index is 16.3. The molecule has 0 fully saturated rings. The number of halogens is 3. The number of pyridine rings is 2. The lowest BCUT2D eigenvalue weighted by Crippen LogP contribution is -2.68. The number of anilines is 2. The second-order valence-corrected chi connectivity index (χ2v) is 17.7. The smallest absolute Gasteiger partial charge is 0.319 e. The number of rotatable bonds is 7. The number of nitrogens with zero attached hydrogens (tertiary/aromatic N) is 4. The van der Waals surface area contributed by atoms with Crippen LogP contribution in [0.4, 0.5) is 20.3 Å². The highest BCUT2D eigenvalue weighted by Crippen LogP contribution is 2.44. The zero-order valence-electron chi connectivity index (χ0n) is 27.4. The third-order valence-electron chi connectivity index (χ3n) is 8.65. The van der Waals surface area contributed by atoms with Gasteiger partial charge in [0.1, 0.15) is 34.9 Å². The summed E-state index contributed by atoms with van der Waals surface area (Å²) in [6, 6.07) is 27.9. The van der Waals surface area contributed by atoms with E-state index >= 15 is 8.78 Å². The van der Waals surface area contributed by atoms with E-state index in [0.29, 0.717) is 11.4 Å². The first kappa shape index (κ1) is 32.5. The molecule has 0 unspecified atom stereocenters. The first-order chi connectivity index (χ1) is 22.4. The average Bonchev–Trinajstić information content (AvgIpc) is 3.04. The molecule has 0 atom stereocenters. The highest BCUT2D eigenvalue weighted by Gasteiger charge is 2.52. The van der Waals surface area contributed by atoms with Crippen LogP contribution in [0.15, 0.2) is 102 Å². The van der Waals surface area contributed by atoms with E-state index in [1.165, 1.54) is 12.1 Å². The van der Waals surface area contributed by atoms with Gasteiger partial charge in [0.05, 0.1) is 22.5 Å². The van der Waals surface area contributed by atoms with Gasteiger partial charge in [0.15, 0.2) is 5.82 Å². The van der Waals surface area contributed by atoms with Crippen LogP contribution in [0.5, 0.6) is 5.75 Å². The Morgan fingerprint density at radius 3 is 2.11 bits per heavy atom. The van der Waals surface area contributed by atoms with E-state index in [2.05, 4.69) is 68.9 Å². The van der Waals surface area contributed by atoms with E-state index in [4.69, 9.17) is 21.0 Å². The number of aliphatic imine (C=N–C) groups is 1. The van der Waals surface area contributed by atoms with Gasteiger partial charge < -0.3 is 9.33 Å². The van der Waals surface area contributed by atoms with Crippen LogP contribution in [0.2, 0.25) is 5.04 Å². The lowest BCUT2D eigenvalue weighted by atomic mass is 10.0. The number of fused-ring (bicyclic) bond motifs is 1. The largest absolute Gasteiger partial charge is 0.533 e. The quantitative estimate of drug-likeness (QED) is 0.163. The SMILES string of the molecule is Cc1ccnc(C(C)C)c1N1CN=C(Cl)c2cc(F)c(-c3c(F)cccc3O[Si](c3ccccc3)(c3ccccc3)C(C)(C)C)nc21. The second kappa shape index (κ2) is 12.7. The van der Waals surface area contributed by atoms with Gasteiger partial charge in [0.2, 0.25) is 0 Å². The van der Waals surface area contributed by atoms with Crippen molar-refractivity contribution < 1.29 is 13.2 Å². The van der Waals surface area contributed by atoms with Crippen LogP contribution < -0.4 is 19.7 Å². The molecule has 0 amide bonds. The van der Waals surface area contributed by atoms with Gasteiger partial charge in [-0.1, -0.05) is 113 Å². The van der Waals surface area contributed by atoms with E-state index in [-0.39, 0.29) is 34.8 Å². The monoisotopic (exact) mass is 666 g/mol. The summed E-state index contributed by atoms with van der Waals surface area (Å²) in [6.07, 6.45) is 1.77. The van der Waals surface area contributed by atoms with Crippen molar-refractivity contribution in [3.63, 3.8) is 0 Å². The van der Waals surface area contributed by atoms with Crippen molar-refractivity contribution >= 4 is 47.0 Å². The Labute approximate surface area is 281 Å². The van der Waals surface area contributed by atoms with Crippen molar-refractivity contribution in [3.8, 4) is 17.0 Å². The predicted octanol–water partition coefficient (Wildman–Crippen LogP) is 8.89. The standard InChI is InChI=1S/C38H37ClF2N4OSi/c1-24(2)33-35(25(3)20-21-42-33)45-23-43-36(39)28-22-30(41)34(44-37(28)45)32-29(40)18-13-19-31(32)46-47(38(4,5)6,26-14-9-7-10-15-26)27-16-11-8-12-17-27/h7-22,24H,23H2,1-6H3. The van der Waals surface area contributed by atoms with Gasteiger partial charge in [-0.05, 0) is 58.1 Å². The molecule has 0 spiro atoms. The van der Waals surface area contributed by atoms with E-state index in [9.17, 15) is 0 Å². The minimum Gasteiger partial charge on any atom is -0.533 e. The number of aromatic nitrogens is 2. The predicted molar refractivity (Wildman–Crippen MR) is 190 cm³/mol. The summed E-state index contributed by atoms with van der Waals surface area (Å²) in [4.78, 5) is 15.9. The minimum absolute atomic E-state index is 0.0497. The number of hydrogen-bond acceptors (Lipinski definition) is 5. The van der Waals surface area contributed by atoms with Crippen molar-refractivity contribution in [2.24, 2.45) is 4.99 Å². The molecule has 2 aromatic heterocycles. The molecule has 6 rings (SSSR count). The van der Waals surface area contributed by atoms with Gasteiger partial charge in [-0.15, -0.1) is 0 Å². The van der Waals surface area contributed by atoms with Gasteiger partial charge in [0.25, 0.3) is 0 Å². The number of benzene rings is 3. The summed E-state index contributed by atoms with van der Waals surface area (Å²) in [5.41, 5.74) is 2.72. The van der Waals surface area contributed by atoms with Crippen LogP contribution in [0.1, 0.15) is 57.4 Å². The molecule has 5 aromatic rings. The fourth-order valence-corrected chi connectivity index (χ4v) is 11.1. The Morgan fingerprint density at radius 2 is 1.51 bits per heavy atom. The zero-order chi connectivity index (χ0) is 33.5. The molecule has 0 aliphatic carbocycles. The number of hydrogen-bond donors (Lipinski definition) is 0. The first-order valence-electron chi connectivity index (χ1n) is 15.7. The Morgan fingerprint density at radius 1 is 0.872 bits per heavy atom. The fourth-order valence-electron chi connectivity index (χ4n) is 6.45. The topological polar surface area (TPSA) is 50.6 Å². The van der Waals surface area contributed by atoms with Gasteiger partial charge in [0, 0.05) is 6.20 Å². The first-order valence-corrected chi connectivity index (χ1v) is 18.0. The molecule has 0 N–H and O–H groups in total. The highest BCUT2D eigenvalue weighted by molar-refractivity contribution is 7.00. The lowest BCUT2D eigenvalue weighted by Gasteiger charge is -2.43. The molecule has 0 radical (unpaired) electrons. The van der Waals surface area contributed by atoms with Crippen molar-refractivity contribution in [1.29, 1.82) is 0 Å². The van der Waals surface area contributed by atoms with Crippen molar-refractivity contribution in [3.05, 3.63) is 126 Å². The lowest BCUT2D eigenvalue weighted by molar-refractivity contribution is 0.503. The third kappa shape index (κ3) is 5.74. The van der Waals surface area contributed by atoms with Gasteiger partial charge in [-0.3, -0.25) is 9.98 Å². The number of aryl methyl sites for hydroxylation is 1. The molecule has 5 nitrogen and oxygen atoms in total. The normalized spacial score (nSPS) is 13.4. The highest BCUT2D eigenvalue weighted by atomic mass is 35.5. The van der Waals surface area contributed by atoms with Gasteiger partial charge in [-0.2, -0.15) is 0 Å². The van der Waals surface area contributed by atoms with Crippen LogP contribution in [0.25, 0.3) is 11.3 Å². The van der Waals surface area contributed by atoms with Crippen LogP contribution in [-0.2, 0) is 0 Å². The summed E-state index contributed by atoms with van der Waals surface area (Å²) in [7, 11) is -3.20. The molecule has 0 saturated carbocycles. The minimum atomic E-state index is -3.20. The zero-order valence-corrected chi connectivity index (χ0v) is 29.1. The van der Waals surface area contributed by atoms with Crippen LogP contribution in [0, 0.1) is 18.6 Å². The molecule has 3 aromatic carbocycles. The Bertz CT molecular complexity index is 1920. The fraction of sp³-hybridized carbons (Fsp3) is 0.237. The summed E-state index contributed by atoms with van der Waals surface area (Å²) in [6.45, 7) is 12.7. The van der Waals surface area contributed by atoms with Crippen molar-refractivity contribution in [1.82, 2.24) is 9.97 Å². The summed E-state index contributed by atoms with van der Waals surface area (Å²) in [5, 5.41) is 1.75. The maximum Gasteiger partial charge on any atom is 0.319 e. The molecule has 1 aliphatic heterocycles. The molecule has 240 valence electrons. The van der Waals surface area contributed by atoms with E-state index in [0.717, 1.165) is 27.3 Å². The van der Waals surface area contributed by atoms with Crippen molar-refractivity contribution in [2.75, 3.05) is 11.6 Å². The molecular weight excluding hydrogens is 630 g/mol. The van der Waals surface area contributed by atoms with Crippen molar-refractivity contribution in [2.45, 2.75) is 52.5 Å². The van der Waals surface area contributed by atoms with E-state index < -0.39 is 25.0 Å². The van der Waals surface area contributed by atoms with Gasteiger partial charge >= 0.3 is 8.32 Å². The maximum absolute atomic E-state index is 16.3. The Kier molecular flexibility index (Phi) is 8.76. The molecule has 9 heteroatoms. The average molecular weight is 667 g/mol. The van der Waals surface area contributed by atoms with E-state index in [1.807, 2.05) is 54.3 Å². The summed E-state index contributed by atoms with van der Waals surface area (Å²) in [5.74, 6) is -0.697. The summed E-state index contributed by atoms with van der Waals surface area (Å²) < 4.78 is 39.7. The molecule has 0 bridgehead atoms. The molecule has 1 aliphatic rings. The van der Waals surface area contributed by atoms with Crippen LogP contribution in [0.3, 0.4) is 0 Å². The van der Waals surface area contributed by atoms with Crippen LogP contribution >= 0.6 is 11.6 Å². The molecule has 3 heterocycles.